The van der Waals surface area contributed by atoms with Gasteiger partial charge in [-0.25, -0.2) is 4.79 Å². The van der Waals surface area contributed by atoms with E-state index in [1.807, 2.05) is 0 Å². The lowest BCUT2D eigenvalue weighted by Crippen LogP contribution is -2.40. The van der Waals surface area contributed by atoms with Crippen LogP contribution in [-0.4, -0.2) is 45.9 Å². The Morgan fingerprint density at radius 3 is 2.65 bits per heavy atom. The number of nitrogens with one attached hydrogen (secondary N) is 1. The third kappa shape index (κ3) is 4.41. The molecule has 1 saturated heterocycles. The van der Waals surface area contributed by atoms with Crippen LogP contribution in [0.15, 0.2) is 24.3 Å². The summed E-state index contributed by atoms with van der Waals surface area (Å²) in [6.07, 6.45) is 2.09. The summed E-state index contributed by atoms with van der Waals surface area (Å²) in [5.41, 5.74) is 0.770. The molecule has 1 aromatic rings. The molecule has 1 amide bonds. The first-order valence-electron chi connectivity index (χ1n) is 7.49. The van der Waals surface area contributed by atoms with Gasteiger partial charge in [-0.1, -0.05) is 0 Å². The number of anilines is 1. The molecule has 0 bridgehead atoms. The highest BCUT2D eigenvalue weighted by Crippen LogP contribution is 2.19. The van der Waals surface area contributed by atoms with Crippen molar-refractivity contribution in [3.05, 3.63) is 34.4 Å². The molecule has 2 N–H and O–H groups in total. The zero-order valence-electron chi connectivity index (χ0n) is 12.6. The van der Waals surface area contributed by atoms with E-state index in [2.05, 4.69) is 5.32 Å². The monoisotopic (exact) mass is 321 g/mol. The van der Waals surface area contributed by atoms with Gasteiger partial charge in [0.15, 0.2) is 0 Å². The van der Waals surface area contributed by atoms with E-state index < -0.39 is 16.9 Å². The van der Waals surface area contributed by atoms with Crippen LogP contribution in [0.2, 0.25) is 0 Å². The summed E-state index contributed by atoms with van der Waals surface area (Å²) >= 11 is 0. The van der Waals surface area contributed by atoms with Gasteiger partial charge in [0, 0.05) is 37.3 Å². The van der Waals surface area contributed by atoms with E-state index in [9.17, 15) is 19.7 Å². The summed E-state index contributed by atoms with van der Waals surface area (Å²) in [5.74, 6) is -1.08. The summed E-state index contributed by atoms with van der Waals surface area (Å²) in [6, 6.07) is 5.36. The van der Waals surface area contributed by atoms with Crippen molar-refractivity contribution in [3.8, 4) is 0 Å². The minimum absolute atomic E-state index is 0.0273. The fourth-order valence-corrected chi connectivity index (χ4v) is 2.64. The quantitative estimate of drug-likeness (QED) is 0.450. The molecule has 23 heavy (non-hydrogen) atoms. The Labute approximate surface area is 133 Å². The van der Waals surface area contributed by atoms with Crippen LogP contribution >= 0.6 is 0 Å². The van der Waals surface area contributed by atoms with Gasteiger partial charge in [-0.2, -0.15) is 0 Å². The van der Waals surface area contributed by atoms with Gasteiger partial charge < -0.3 is 15.3 Å². The zero-order chi connectivity index (χ0) is 16.8. The van der Waals surface area contributed by atoms with Gasteiger partial charge in [-0.3, -0.25) is 14.9 Å². The molecule has 0 aromatic heterocycles. The number of carbonyl (C=O) groups excluding carboxylic acids is 1. The van der Waals surface area contributed by atoms with Crippen LogP contribution in [0.1, 0.15) is 25.7 Å². The van der Waals surface area contributed by atoms with Gasteiger partial charge in [-0.15, -0.1) is 0 Å². The standard InChI is InChI=1S/C15H19N3O5/c19-14(17-10-2-3-13(17)15(20)21)4-1-9-16-11-5-7-12(8-6-11)18(22)23/h5-8,13,16H,1-4,9-10H2,(H,20,21)/t13-/m0/s1. The summed E-state index contributed by atoms with van der Waals surface area (Å²) in [5, 5.41) is 22.7. The number of rotatable bonds is 7. The minimum atomic E-state index is -0.945. The number of nitro groups is 1. The van der Waals surface area contributed by atoms with E-state index in [4.69, 9.17) is 5.11 Å². The van der Waals surface area contributed by atoms with Crippen LogP contribution in [0.4, 0.5) is 11.4 Å². The third-order valence-electron chi connectivity index (χ3n) is 3.83. The normalized spacial score (nSPS) is 17.0. The Bertz CT molecular complexity index is 587. The first-order chi connectivity index (χ1) is 11.0. The molecule has 1 fully saturated rings. The van der Waals surface area contributed by atoms with Crippen molar-refractivity contribution in [2.75, 3.05) is 18.4 Å². The number of carboxylic acids is 1. The van der Waals surface area contributed by atoms with Crippen molar-refractivity contribution in [1.29, 1.82) is 0 Å². The summed E-state index contributed by atoms with van der Waals surface area (Å²) in [4.78, 5) is 34.6. The zero-order valence-corrected chi connectivity index (χ0v) is 12.6. The van der Waals surface area contributed by atoms with Gasteiger partial charge in [0.25, 0.3) is 5.69 Å². The number of nitrogens with zero attached hydrogens (tertiary/aromatic N) is 2. The molecular weight excluding hydrogens is 302 g/mol. The van der Waals surface area contributed by atoms with E-state index in [0.29, 0.717) is 25.9 Å². The molecule has 0 radical (unpaired) electrons. The molecule has 0 unspecified atom stereocenters. The second kappa shape index (κ2) is 7.57. The Kier molecular flexibility index (Phi) is 5.51. The van der Waals surface area contributed by atoms with Crippen molar-refractivity contribution < 1.29 is 19.6 Å². The maximum absolute atomic E-state index is 12.1. The highest BCUT2D eigenvalue weighted by Gasteiger charge is 2.33. The number of non-ortho nitro benzene ring substituents is 1. The van der Waals surface area contributed by atoms with Crippen molar-refractivity contribution >= 4 is 23.3 Å². The molecule has 0 spiro atoms. The molecule has 0 aliphatic carbocycles. The average molecular weight is 321 g/mol. The maximum Gasteiger partial charge on any atom is 0.326 e. The van der Waals surface area contributed by atoms with Crippen molar-refractivity contribution in [2.24, 2.45) is 0 Å². The van der Waals surface area contributed by atoms with E-state index in [1.165, 1.54) is 17.0 Å². The average Bonchev–Trinajstić information content (AvgIpc) is 3.01. The Hall–Kier alpha value is -2.64. The first kappa shape index (κ1) is 16.7. The topological polar surface area (TPSA) is 113 Å². The molecular formula is C15H19N3O5. The summed E-state index contributed by atoms with van der Waals surface area (Å²) in [7, 11) is 0. The number of hydrogen-bond acceptors (Lipinski definition) is 5. The highest BCUT2D eigenvalue weighted by atomic mass is 16.6. The lowest BCUT2D eigenvalue weighted by molar-refractivity contribution is -0.384. The van der Waals surface area contributed by atoms with Crippen LogP contribution in [-0.2, 0) is 9.59 Å². The summed E-state index contributed by atoms with van der Waals surface area (Å²) in [6.45, 7) is 1.04. The number of likely N-dealkylation sites (tertiary alicyclic amines) is 1. The Morgan fingerprint density at radius 1 is 1.35 bits per heavy atom. The molecule has 2 rings (SSSR count). The lowest BCUT2D eigenvalue weighted by atomic mass is 10.2. The molecule has 1 aliphatic heterocycles. The van der Waals surface area contributed by atoms with Crippen molar-refractivity contribution in [3.63, 3.8) is 0 Å². The molecule has 1 aliphatic rings. The molecule has 1 heterocycles. The first-order valence-corrected chi connectivity index (χ1v) is 7.49. The minimum Gasteiger partial charge on any atom is -0.480 e. The van der Waals surface area contributed by atoms with Gasteiger partial charge in [-0.05, 0) is 31.4 Å². The molecule has 124 valence electrons. The van der Waals surface area contributed by atoms with Crippen LogP contribution in [0.25, 0.3) is 0 Å². The van der Waals surface area contributed by atoms with E-state index in [0.717, 1.165) is 12.1 Å². The van der Waals surface area contributed by atoms with Gasteiger partial charge in [0.1, 0.15) is 6.04 Å². The fraction of sp³-hybridized carbons (Fsp3) is 0.467. The Morgan fingerprint density at radius 2 is 2.04 bits per heavy atom. The molecule has 1 atom stereocenters. The maximum atomic E-state index is 12.1. The molecule has 0 saturated carbocycles. The fourth-order valence-electron chi connectivity index (χ4n) is 2.64. The number of aliphatic carboxylic acids is 1. The largest absolute Gasteiger partial charge is 0.480 e. The number of amides is 1. The van der Waals surface area contributed by atoms with E-state index in [1.54, 1.807) is 12.1 Å². The van der Waals surface area contributed by atoms with Gasteiger partial charge in [0.05, 0.1) is 4.92 Å². The van der Waals surface area contributed by atoms with Gasteiger partial charge >= 0.3 is 5.97 Å². The van der Waals surface area contributed by atoms with E-state index >= 15 is 0 Å². The van der Waals surface area contributed by atoms with Crippen LogP contribution in [0, 0.1) is 10.1 Å². The van der Waals surface area contributed by atoms with Crippen LogP contribution in [0.3, 0.4) is 0 Å². The third-order valence-corrected chi connectivity index (χ3v) is 3.83. The smallest absolute Gasteiger partial charge is 0.326 e. The van der Waals surface area contributed by atoms with Crippen LogP contribution < -0.4 is 5.32 Å². The highest BCUT2D eigenvalue weighted by molar-refractivity contribution is 5.84. The molecule has 8 heteroatoms. The van der Waals surface area contributed by atoms with E-state index in [-0.39, 0.29) is 18.0 Å². The van der Waals surface area contributed by atoms with Gasteiger partial charge in [0.2, 0.25) is 5.91 Å². The molecule has 8 nitrogen and oxygen atoms in total. The SMILES string of the molecule is O=C(O)[C@@H]1CCCN1C(=O)CCCNc1ccc([N+](=O)[O-])cc1. The van der Waals surface area contributed by atoms with Crippen molar-refractivity contribution in [1.82, 2.24) is 4.90 Å². The molecule has 1 aromatic carbocycles. The summed E-state index contributed by atoms with van der Waals surface area (Å²) < 4.78 is 0. The predicted octanol–water partition coefficient (Wildman–Crippen LogP) is 1.86. The second-order valence-corrected chi connectivity index (χ2v) is 5.42. The number of benzene rings is 1. The number of nitro benzene ring substituents is 1. The number of carbonyl (C=O) groups is 2. The number of carboxylic acid groups (broad SMARTS) is 1. The Balaban J connectivity index is 1.73. The van der Waals surface area contributed by atoms with Crippen molar-refractivity contribution in [2.45, 2.75) is 31.7 Å². The predicted molar refractivity (Wildman–Crippen MR) is 83.2 cm³/mol. The van der Waals surface area contributed by atoms with Crippen LogP contribution in [0.5, 0.6) is 0 Å². The number of hydrogen-bond donors (Lipinski definition) is 2. The lowest BCUT2D eigenvalue weighted by Gasteiger charge is -2.21. The second-order valence-electron chi connectivity index (χ2n) is 5.42.